The van der Waals surface area contributed by atoms with Crippen LogP contribution in [0.5, 0.6) is 17.2 Å². The maximum absolute atomic E-state index is 12.1. The SMILES string of the molecule is COc1ccc(NC(=O)CSc2nnc(-c3cc(OC)cc(OC)c3)s2)cc1. The van der Waals surface area contributed by atoms with Crippen molar-refractivity contribution < 1.29 is 19.0 Å². The fourth-order valence-corrected chi connectivity index (χ4v) is 3.95. The second-order valence-electron chi connectivity index (χ2n) is 5.54. The Labute approximate surface area is 171 Å². The summed E-state index contributed by atoms with van der Waals surface area (Å²) in [6.45, 7) is 0. The number of benzene rings is 2. The standard InChI is InChI=1S/C19H19N3O4S2/c1-24-14-6-4-13(5-7-14)20-17(23)11-27-19-22-21-18(28-19)12-8-15(25-2)10-16(9-12)26-3/h4-10H,11H2,1-3H3,(H,20,23). The Morgan fingerprint density at radius 3 is 2.21 bits per heavy atom. The summed E-state index contributed by atoms with van der Waals surface area (Å²) in [5.74, 6) is 2.22. The number of rotatable bonds is 8. The van der Waals surface area contributed by atoms with Gasteiger partial charge in [-0.25, -0.2) is 0 Å². The molecular formula is C19H19N3O4S2. The van der Waals surface area contributed by atoms with Crippen LogP contribution in [0.2, 0.25) is 0 Å². The average molecular weight is 418 g/mol. The van der Waals surface area contributed by atoms with Crippen LogP contribution in [-0.4, -0.2) is 43.2 Å². The molecule has 146 valence electrons. The van der Waals surface area contributed by atoms with E-state index in [1.807, 2.05) is 12.1 Å². The molecule has 1 aromatic heterocycles. The molecule has 3 rings (SSSR count). The number of carbonyl (C=O) groups is 1. The van der Waals surface area contributed by atoms with Crippen LogP contribution >= 0.6 is 23.1 Å². The van der Waals surface area contributed by atoms with Crippen LogP contribution in [0.15, 0.2) is 46.8 Å². The van der Waals surface area contributed by atoms with Crippen molar-refractivity contribution in [2.45, 2.75) is 4.34 Å². The lowest BCUT2D eigenvalue weighted by Gasteiger charge is -2.06. The molecule has 28 heavy (non-hydrogen) atoms. The van der Waals surface area contributed by atoms with Gasteiger partial charge < -0.3 is 19.5 Å². The molecule has 0 aliphatic carbocycles. The molecule has 7 nitrogen and oxygen atoms in total. The number of amides is 1. The van der Waals surface area contributed by atoms with Crippen molar-refractivity contribution in [2.75, 3.05) is 32.4 Å². The van der Waals surface area contributed by atoms with Gasteiger partial charge in [0.25, 0.3) is 0 Å². The van der Waals surface area contributed by atoms with Crippen molar-refractivity contribution in [3.63, 3.8) is 0 Å². The molecule has 0 spiro atoms. The second kappa shape index (κ2) is 9.43. The average Bonchev–Trinajstić information content (AvgIpc) is 3.21. The van der Waals surface area contributed by atoms with E-state index in [2.05, 4.69) is 15.5 Å². The van der Waals surface area contributed by atoms with Gasteiger partial charge >= 0.3 is 0 Å². The topological polar surface area (TPSA) is 82.6 Å². The number of methoxy groups -OCH3 is 3. The Morgan fingerprint density at radius 1 is 0.964 bits per heavy atom. The van der Waals surface area contributed by atoms with Gasteiger partial charge in [0.05, 0.1) is 27.1 Å². The lowest BCUT2D eigenvalue weighted by Crippen LogP contribution is -2.13. The molecule has 1 heterocycles. The maximum atomic E-state index is 12.1. The van der Waals surface area contributed by atoms with Crippen LogP contribution in [0.1, 0.15) is 0 Å². The molecule has 9 heteroatoms. The fourth-order valence-electron chi connectivity index (χ4n) is 2.31. The molecule has 1 amide bonds. The van der Waals surface area contributed by atoms with Gasteiger partial charge in [0.15, 0.2) is 4.34 Å². The summed E-state index contributed by atoms with van der Waals surface area (Å²) < 4.78 is 16.4. The molecule has 2 aromatic carbocycles. The van der Waals surface area contributed by atoms with E-state index in [4.69, 9.17) is 14.2 Å². The Balaban J connectivity index is 1.60. The molecule has 0 radical (unpaired) electrons. The Bertz CT molecular complexity index is 922. The van der Waals surface area contributed by atoms with Gasteiger partial charge in [-0.15, -0.1) is 10.2 Å². The van der Waals surface area contributed by atoms with E-state index in [0.717, 1.165) is 16.3 Å². The van der Waals surface area contributed by atoms with Crippen molar-refractivity contribution in [3.05, 3.63) is 42.5 Å². The first kappa shape index (κ1) is 20.0. The highest BCUT2D eigenvalue weighted by Gasteiger charge is 2.12. The molecule has 0 saturated heterocycles. The number of nitrogens with one attached hydrogen (secondary N) is 1. The van der Waals surface area contributed by atoms with E-state index >= 15 is 0 Å². The molecule has 0 aliphatic heterocycles. The van der Waals surface area contributed by atoms with Crippen molar-refractivity contribution in [2.24, 2.45) is 0 Å². The van der Waals surface area contributed by atoms with Crippen LogP contribution in [-0.2, 0) is 4.79 Å². The first-order valence-corrected chi connectivity index (χ1v) is 10.0. The molecule has 0 unspecified atom stereocenters. The summed E-state index contributed by atoms with van der Waals surface area (Å²) in [5, 5.41) is 11.9. The molecule has 3 aromatic rings. The number of hydrogen-bond acceptors (Lipinski definition) is 8. The molecule has 0 fully saturated rings. The van der Waals surface area contributed by atoms with Gasteiger partial charge in [0, 0.05) is 17.3 Å². The number of aromatic nitrogens is 2. The third-order valence-corrected chi connectivity index (χ3v) is 5.81. The maximum Gasteiger partial charge on any atom is 0.234 e. The minimum Gasteiger partial charge on any atom is -0.497 e. The lowest BCUT2D eigenvalue weighted by atomic mass is 10.2. The summed E-state index contributed by atoms with van der Waals surface area (Å²) in [6.07, 6.45) is 0. The van der Waals surface area contributed by atoms with Crippen LogP contribution in [0, 0.1) is 0 Å². The van der Waals surface area contributed by atoms with E-state index in [1.165, 1.54) is 23.1 Å². The minimum atomic E-state index is -0.116. The van der Waals surface area contributed by atoms with Crippen LogP contribution in [0.25, 0.3) is 10.6 Å². The zero-order chi connectivity index (χ0) is 19.9. The summed E-state index contributed by atoms with van der Waals surface area (Å²) in [6, 6.07) is 12.7. The second-order valence-corrected chi connectivity index (χ2v) is 7.74. The number of ether oxygens (including phenoxy) is 3. The highest BCUT2D eigenvalue weighted by Crippen LogP contribution is 2.34. The zero-order valence-electron chi connectivity index (χ0n) is 15.6. The Hall–Kier alpha value is -2.78. The number of nitrogens with zero attached hydrogens (tertiary/aromatic N) is 2. The smallest absolute Gasteiger partial charge is 0.234 e. The highest BCUT2D eigenvalue weighted by molar-refractivity contribution is 8.01. The number of hydrogen-bond donors (Lipinski definition) is 1. The van der Waals surface area contributed by atoms with E-state index < -0.39 is 0 Å². The van der Waals surface area contributed by atoms with Gasteiger partial charge in [-0.05, 0) is 36.4 Å². The van der Waals surface area contributed by atoms with Crippen LogP contribution in [0.4, 0.5) is 5.69 Å². The molecule has 0 aliphatic rings. The Kier molecular flexibility index (Phi) is 6.72. The lowest BCUT2D eigenvalue weighted by molar-refractivity contribution is -0.113. The van der Waals surface area contributed by atoms with Gasteiger partial charge in [0.2, 0.25) is 5.91 Å². The monoisotopic (exact) mass is 417 g/mol. The highest BCUT2D eigenvalue weighted by atomic mass is 32.2. The minimum absolute atomic E-state index is 0.116. The van der Waals surface area contributed by atoms with Crippen molar-refractivity contribution in [1.82, 2.24) is 10.2 Å². The predicted molar refractivity (Wildman–Crippen MR) is 111 cm³/mol. The fraction of sp³-hybridized carbons (Fsp3) is 0.211. The zero-order valence-corrected chi connectivity index (χ0v) is 17.2. The van der Waals surface area contributed by atoms with Gasteiger partial charge in [-0.3, -0.25) is 4.79 Å². The summed E-state index contributed by atoms with van der Waals surface area (Å²) in [7, 11) is 4.80. The van der Waals surface area contributed by atoms with Gasteiger partial charge in [-0.1, -0.05) is 23.1 Å². The van der Waals surface area contributed by atoms with E-state index in [0.29, 0.717) is 21.5 Å². The van der Waals surface area contributed by atoms with E-state index in [-0.39, 0.29) is 11.7 Å². The largest absolute Gasteiger partial charge is 0.497 e. The summed E-state index contributed by atoms with van der Waals surface area (Å²) >= 11 is 2.75. The molecule has 1 N–H and O–H groups in total. The molecule has 0 bridgehead atoms. The van der Waals surface area contributed by atoms with Crippen LogP contribution < -0.4 is 19.5 Å². The predicted octanol–water partition coefficient (Wildman–Crippen LogP) is 3.96. The van der Waals surface area contributed by atoms with Crippen molar-refractivity contribution in [3.8, 4) is 27.8 Å². The van der Waals surface area contributed by atoms with Crippen LogP contribution in [0.3, 0.4) is 0 Å². The van der Waals surface area contributed by atoms with Gasteiger partial charge in [0.1, 0.15) is 22.3 Å². The number of thioether (sulfide) groups is 1. The number of anilines is 1. The third-order valence-electron chi connectivity index (χ3n) is 3.71. The van der Waals surface area contributed by atoms with E-state index in [9.17, 15) is 4.79 Å². The number of carbonyl (C=O) groups excluding carboxylic acids is 1. The quantitative estimate of drug-likeness (QED) is 0.556. The summed E-state index contributed by atoms with van der Waals surface area (Å²) in [4.78, 5) is 12.1. The van der Waals surface area contributed by atoms with Gasteiger partial charge in [-0.2, -0.15) is 0 Å². The molecule has 0 atom stereocenters. The van der Waals surface area contributed by atoms with E-state index in [1.54, 1.807) is 51.7 Å². The first-order chi connectivity index (χ1) is 13.6. The first-order valence-electron chi connectivity index (χ1n) is 8.25. The molecular weight excluding hydrogens is 398 g/mol. The Morgan fingerprint density at radius 2 is 1.61 bits per heavy atom. The van der Waals surface area contributed by atoms with Crippen molar-refractivity contribution in [1.29, 1.82) is 0 Å². The summed E-state index contributed by atoms with van der Waals surface area (Å²) in [5.41, 5.74) is 1.57. The van der Waals surface area contributed by atoms with Crippen molar-refractivity contribution >= 4 is 34.7 Å². The third kappa shape index (κ3) is 5.14. The molecule has 0 saturated carbocycles. The normalized spacial score (nSPS) is 10.4.